The molecular formula is C8H14BrNO2. The zero-order valence-electron chi connectivity index (χ0n) is 7.47. The van der Waals surface area contributed by atoms with E-state index in [0.717, 1.165) is 26.3 Å². The van der Waals surface area contributed by atoms with Crippen molar-refractivity contribution in [3.63, 3.8) is 0 Å². The highest BCUT2D eigenvalue weighted by Gasteiger charge is 2.33. The van der Waals surface area contributed by atoms with Crippen molar-refractivity contribution in [2.45, 2.75) is 19.4 Å². The Kier molecular flexibility index (Phi) is 3.26. The topological polar surface area (TPSA) is 29.5 Å². The van der Waals surface area contributed by atoms with E-state index in [-0.39, 0.29) is 4.69 Å². The zero-order chi connectivity index (χ0) is 9.19. The summed E-state index contributed by atoms with van der Waals surface area (Å²) in [7, 11) is 0. The standard InChI is InChI=1S/C8H14BrNO2/c1-8(2,7(9)11)10-3-5-12-6-4-10/h3-6H2,1-2H3. The van der Waals surface area contributed by atoms with Gasteiger partial charge in [-0.2, -0.15) is 0 Å². The molecule has 1 aliphatic heterocycles. The molecule has 12 heavy (non-hydrogen) atoms. The second-order valence-electron chi connectivity index (χ2n) is 3.43. The first kappa shape index (κ1) is 10.2. The molecule has 0 aliphatic carbocycles. The van der Waals surface area contributed by atoms with Gasteiger partial charge in [0, 0.05) is 13.1 Å². The van der Waals surface area contributed by atoms with E-state index in [0.29, 0.717) is 0 Å². The van der Waals surface area contributed by atoms with Gasteiger partial charge in [-0.25, -0.2) is 0 Å². The van der Waals surface area contributed by atoms with Crippen molar-refractivity contribution in [1.29, 1.82) is 0 Å². The van der Waals surface area contributed by atoms with Crippen molar-refractivity contribution < 1.29 is 9.53 Å². The maximum absolute atomic E-state index is 11.2. The van der Waals surface area contributed by atoms with Crippen LogP contribution < -0.4 is 0 Å². The summed E-state index contributed by atoms with van der Waals surface area (Å²) in [4.78, 5) is 13.3. The summed E-state index contributed by atoms with van der Waals surface area (Å²) in [6.45, 7) is 6.98. The molecule has 1 heterocycles. The monoisotopic (exact) mass is 235 g/mol. The Morgan fingerprint density at radius 3 is 2.33 bits per heavy atom. The predicted octanol–water partition coefficient (Wildman–Crippen LogP) is 1.02. The molecule has 1 fully saturated rings. The predicted molar refractivity (Wildman–Crippen MR) is 50.4 cm³/mol. The summed E-state index contributed by atoms with van der Waals surface area (Å²) in [6, 6.07) is 0. The van der Waals surface area contributed by atoms with E-state index in [1.165, 1.54) is 0 Å². The molecule has 0 radical (unpaired) electrons. The lowest BCUT2D eigenvalue weighted by molar-refractivity contribution is -0.122. The average Bonchev–Trinajstić information content (AvgIpc) is 2.06. The van der Waals surface area contributed by atoms with Gasteiger partial charge in [0.25, 0.3) is 0 Å². The van der Waals surface area contributed by atoms with E-state index in [1.54, 1.807) is 0 Å². The zero-order valence-corrected chi connectivity index (χ0v) is 9.06. The van der Waals surface area contributed by atoms with E-state index in [2.05, 4.69) is 20.8 Å². The van der Waals surface area contributed by atoms with Crippen molar-refractivity contribution in [2.24, 2.45) is 0 Å². The fraction of sp³-hybridized carbons (Fsp3) is 0.875. The normalized spacial score (nSPS) is 20.9. The van der Waals surface area contributed by atoms with Gasteiger partial charge in [-0.05, 0) is 29.8 Å². The molecule has 0 saturated carbocycles. The lowest BCUT2D eigenvalue weighted by Gasteiger charge is -2.38. The third-order valence-corrected chi connectivity index (χ3v) is 3.25. The van der Waals surface area contributed by atoms with Crippen LogP contribution in [0.4, 0.5) is 0 Å². The maximum atomic E-state index is 11.2. The van der Waals surface area contributed by atoms with Gasteiger partial charge < -0.3 is 4.74 Å². The smallest absolute Gasteiger partial charge is 0.217 e. The van der Waals surface area contributed by atoms with Crippen molar-refractivity contribution in [1.82, 2.24) is 4.90 Å². The fourth-order valence-electron chi connectivity index (χ4n) is 1.25. The Morgan fingerprint density at radius 1 is 1.42 bits per heavy atom. The highest BCUT2D eigenvalue weighted by atomic mass is 79.9. The Hall–Kier alpha value is 0.0700. The summed E-state index contributed by atoms with van der Waals surface area (Å²) >= 11 is 3.01. The van der Waals surface area contributed by atoms with Crippen molar-refractivity contribution >= 4 is 20.6 Å². The molecule has 1 rings (SSSR count). The number of hydrogen-bond donors (Lipinski definition) is 0. The summed E-state index contributed by atoms with van der Waals surface area (Å²) in [6.07, 6.45) is 0. The SMILES string of the molecule is CC(C)(C(=O)Br)N1CCOCC1. The van der Waals surface area contributed by atoms with E-state index < -0.39 is 5.54 Å². The van der Waals surface area contributed by atoms with Crippen molar-refractivity contribution in [3.05, 3.63) is 0 Å². The van der Waals surface area contributed by atoms with Gasteiger partial charge in [-0.15, -0.1) is 0 Å². The second-order valence-corrected chi connectivity index (χ2v) is 4.15. The van der Waals surface area contributed by atoms with E-state index >= 15 is 0 Å². The largest absolute Gasteiger partial charge is 0.379 e. The molecule has 0 aromatic carbocycles. The molecule has 4 heteroatoms. The Bertz CT molecular complexity index is 176. The van der Waals surface area contributed by atoms with Gasteiger partial charge in [0.05, 0.1) is 18.8 Å². The lowest BCUT2D eigenvalue weighted by atomic mass is 10.1. The summed E-state index contributed by atoms with van der Waals surface area (Å²) < 4.78 is 5.25. The van der Waals surface area contributed by atoms with E-state index in [4.69, 9.17) is 4.74 Å². The van der Waals surface area contributed by atoms with Gasteiger partial charge in [0.15, 0.2) is 0 Å². The van der Waals surface area contributed by atoms with Crippen LogP contribution >= 0.6 is 15.9 Å². The highest BCUT2D eigenvalue weighted by molar-refractivity contribution is 9.18. The Labute approximate surface area is 81.2 Å². The molecule has 0 bridgehead atoms. The van der Waals surface area contributed by atoms with E-state index in [1.807, 2.05) is 13.8 Å². The van der Waals surface area contributed by atoms with Gasteiger partial charge in [0.2, 0.25) is 4.69 Å². The average molecular weight is 236 g/mol. The van der Waals surface area contributed by atoms with Crippen LogP contribution in [0.3, 0.4) is 0 Å². The second kappa shape index (κ2) is 3.85. The summed E-state index contributed by atoms with van der Waals surface area (Å²) in [5.74, 6) is 0. The quantitative estimate of drug-likeness (QED) is 0.670. The van der Waals surface area contributed by atoms with Crippen LogP contribution in [0.1, 0.15) is 13.8 Å². The highest BCUT2D eigenvalue weighted by Crippen LogP contribution is 2.19. The van der Waals surface area contributed by atoms with Crippen LogP contribution in [-0.2, 0) is 9.53 Å². The van der Waals surface area contributed by atoms with Crippen molar-refractivity contribution in [2.75, 3.05) is 26.3 Å². The molecule has 0 amide bonds. The third kappa shape index (κ3) is 2.06. The number of ether oxygens (including phenoxy) is 1. The molecule has 0 atom stereocenters. The van der Waals surface area contributed by atoms with Gasteiger partial charge in [-0.1, -0.05) is 0 Å². The number of carbonyl (C=O) groups excluding carboxylic acids is 1. The molecule has 0 spiro atoms. The minimum atomic E-state index is -0.399. The van der Waals surface area contributed by atoms with Crippen LogP contribution in [0.2, 0.25) is 0 Å². The van der Waals surface area contributed by atoms with Crippen LogP contribution in [0.15, 0.2) is 0 Å². The molecule has 0 unspecified atom stereocenters. The summed E-state index contributed by atoms with van der Waals surface area (Å²) in [5, 5.41) is 0. The first-order valence-corrected chi connectivity index (χ1v) is 4.87. The Balaban J connectivity index is 2.59. The maximum Gasteiger partial charge on any atom is 0.217 e. The molecule has 0 N–H and O–H groups in total. The minimum Gasteiger partial charge on any atom is -0.379 e. The van der Waals surface area contributed by atoms with Gasteiger partial charge in [-0.3, -0.25) is 9.69 Å². The molecule has 0 aromatic rings. The Morgan fingerprint density at radius 2 is 1.92 bits per heavy atom. The molecule has 0 aromatic heterocycles. The number of morpholine rings is 1. The lowest BCUT2D eigenvalue weighted by Crippen LogP contribution is -2.52. The molecule has 70 valence electrons. The van der Waals surface area contributed by atoms with Crippen LogP contribution in [0.5, 0.6) is 0 Å². The summed E-state index contributed by atoms with van der Waals surface area (Å²) in [5.41, 5.74) is -0.399. The number of carbonyl (C=O) groups is 1. The van der Waals surface area contributed by atoms with Gasteiger partial charge in [0.1, 0.15) is 0 Å². The molecule has 1 aliphatic rings. The molecular weight excluding hydrogens is 222 g/mol. The van der Waals surface area contributed by atoms with Crippen LogP contribution in [0.25, 0.3) is 0 Å². The number of hydrogen-bond acceptors (Lipinski definition) is 3. The van der Waals surface area contributed by atoms with Crippen molar-refractivity contribution in [3.8, 4) is 0 Å². The molecule has 1 saturated heterocycles. The van der Waals surface area contributed by atoms with Gasteiger partial charge >= 0.3 is 0 Å². The first-order valence-electron chi connectivity index (χ1n) is 4.08. The third-order valence-electron chi connectivity index (χ3n) is 2.28. The first-order chi connectivity index (χ1) is 5.55. The van der Waals surface area contributed by atoms with Crippen LogP contribution in [0, 0.1) is 0 Å². The number of nitrogens with zero attached hydrogens (tertiary/aromatic N) is 1. The van der Waals surface area contributed by atoms with E-state index in [9.17, 15) is 4.79 Å². The minimum absolute atomic E-state index is 0.0388. The number of halogens is 1. The van der Waals surface area contributed by atoms with Crippen LogP contribution in [-0.4, -0.2) is 41.4 Å². The fourth-order valence-corrected chi connectivity index (χ4v) is 1.50. The molecule has 3 nitrogen and oxygen atoms in total. The number of rotatable bonds is 2.